The van der Waals surface area contributed by atoms with E-state index in [1.165, 1.54) is 0 Å². The van der Waals surface area contributed by atoms with E-state index in [-0.39, 0.29) is 25.7 Å². The summed E-state index contributed by atoms with van der Waals surface area (Å²) in [5.74, 6) is -2.74. The quantitative estimate of drug-likeness (QED) is 0.347. The van der Waals surface area contributed by atoms with Crippen molar-refractivity contribution >= 4 is 22.6 Å². The van der Waals surface area contributed by atoms with Gasteiger partial charge in [0.25, 0.3) is 0 Å². The van der Waals surface area contributed by atoms with Crippen molar-refractivity contribution in [2.45, 2.75) is 43.2 Å². The predicted molar refractivity (Wildman–Crippen MR) is 79.4 cm³/mol. The summed E-state index contributed by atoms with van der Waals surface area (Å²) in [6.07, 6.45) is -0.917. The highest BCUT2D eigenvalue weighted by atomic mass is 127. The summed E-state index contributed by atoms with van der Waals surface area (Å²) in [6.45, 7) is 0. The molecule has 1 aromatic rings. The van der Waals surface area contributed by atoms with Gasteiger partial charge < -0.3 is 5.11 Å². The van der Waals surface area contributed by atoms with Crippen LogP contribution < -0.4 is 0 Å². The maximum absolute atomic E-state index is 13.2. The van der Waals surface area contributed by atoms with E-state index in [1.54, 1.807) is 18.2 Å². The van der Waals surface area contributed by atoms with Gasteiger partial charge >= 0.3 is 0 Å². The zero-order valence-corrected chi connectivity index (χ0v) is 12.8. The molecule has 1 N–H and O–H groups in total. The van der Waals surface area contributed by atoms with Crippen LogP contribution >= 0.6 is 22.6 Å². The van der Waals surface area contributed by atoms with E-state index >= 15 is 0 Å². The largest absolute Gasteiger partial charge is 0.389 e. The third-order valence-corrected chi connectivity index (χ3v) is 4.36. The van der Waals surface area contributed by atoms with E-state index in [2.05, 4.69) is 32.6 Å². The molecular formula is C13H14F2IN3O. The van der Waals surface area contributed by atoms with Gasteiger partial charge in [0, 0.05) is 21.3 Å². The Morgan fingerprint density at radius 2 is 1.95 bits per heavy atom. The van der Waals surface area contributed by atoms with Gasteiger partial charge in [-0.2, -0.15) is 0 Å². The van der Waals surface area contributed by atoms with Gasteiger partial charge in [-0.3, -0.25) is 0 Å². The first-order valence-electron chi connectivity index (χ1n) is 6.26. The Morgan fingerprint density at radius 1 is 1.30 bits per heavy atom. The minimum absolute atomic E-state index is 0.0742. The Balaban J connectivity index is 2.32. The first kappa shape index (κ1) is 15.5. The molecule has 0 radical (unpaired) electrons. The molecule has 108 valence electrons. The van der Waals surface area contributed by atoms with Crippen LogP contribution in [0.5, 0.6) is 0 Å². The lowest BCUT2D eigenvalue weighted by atomic mass is 9.76. The molecule has 4 nitrogen and oxygen atoms in total. The van der Waals surface area contributed by atoms with Crippen LogP contribution in [0.3, 0.4) is 0 Å². The number of aliphatic hydroxyl groups is 1. The molecule has 1 atom stereocenters. The SMILES string of the molecule is [N-]=[N+]=NC(c1cccc(I)c1)C1(O)CCC(F)(F)CC1. The predicted octanol–water partition coefficient (Wildman–Crippen LogP) is 4.58. The topological polar surface area (TPSA) is 69.0 Å². The van der Waals surface area contributed by atoms with Crippen LogP contribution in [0.4, 0.5) is 8.78 Å². The fourth-order valence-corrected chi connectivity index (χ4v) is 3.10. The van der Waals surface area contributed by atoms with E-state index in [9.17, 15) is 13.9 Å². The van der Waals surface area contributed by atoms with Crippen LogP contribution in [0.15, 0.2) is 29.4 Å². The summed E-state index contributed by atoms with van der Waals surface area (Å²) >= 11 is 2.11. The second kappa shape index (κ2) is 5.83. The Bertz CT molecular complexity index is 536. The van der Waals surface area contributed by atoms with Crippen LogP contribution in [0, 0.1) is 3.57 Å². The van der Waals surface area contributed by atoms with Crippen molar-refractivity contribution in [2.75, 3.05) is 0 Å². The van der Waals surface area contributed by atoms with E-state index < -0.39 is 17.6 Å². The molecule has 20 heavy (non-hydrogen) atoms. The highest BCUT2D eigenvalue weighted by Gasteiger charge is 2.46. The molecule has 0 amide bonds. The van der Waals surface area contributed by atoms with Gasteiger partial charge in [0.2, 0.25) is 5.92 Å². The number of halogens is 3. The highest BCUT2D eigenvalue weighted by Crippen LogP contribution is 2.45. The molecule has 1 unspecified atom stereocenters. The molecule has 0 heterocycles. The van der Waals surface area contributed by atoms with Crippen molar-refractivity contribution in [3.63, 3.8) is 0 Å². The molecule has 2 rings (SSSR count). The molecular weight excluding hydrogens is 379 g/mol. The van der Waals surface area contributed by atoms with E-state index in [0.29, 0.717) is 5.56 Å². The zero-order valence-electron chi connectivity index (χ0n) is 10.6. The number of alkyl halides is 2. The third kappa shape index (κ3) is 3.39. The second-order valence-electron chi connectivity index (χ2n) is 5.12. The first-order chi connectivity index (χ1) is 9.36. The molecule has 0 aromatic heterocycles. The minimum Gasteiger partial charge on any atom is -0.389 e. The van der Waals surface area contributed by atoms with Crippen LogP contribution in [0.1, 0.15) is 37.3 Å². The maximum atomic E-state index is 13.2. The summed E-state index contributed by atoms with van der Waals surface area (Å²) in [5, 5.41) is 14.3. The molecule has 0 aliphatic heterocycles. The number of azide groups is 1. The molecule has 1 aliphatic carbocycles. The Hall–Kier alpha value is -0.920. The van der Waals surface area contributed by atoms with Crippen LogP contribution in [0.25, 0.3) is 10.4 Å². The van der Waals surface area contributed by atoms with Crippen molar-refractivity contribution in [2.24, 2.45) is 5.11 Å². The Kier molecular flexibility index (Phi) is 4.51. The van der Waals surface area contributed by atoms with Gasteiger partial charge in [-0.05, 0) is 58.7 Å². The summed E-state index contributed by atoms with van der Waals surface area (Å²) in [4.78, 5) is 2.77. The molecule has 1 saturated carbocycles. The second-order valence-corrected chi connectivity index (χ2v) is 6.37. The van der Waals surface area contributed by atoms with Gasteiger partial charge in [0.05, 0.1) is 11.6 Å². The van der Waals surface area contributed by atoms with Crippen molar-refractivity contribution in [1.82, 2.24) is 0 Å². The number of hydrogen-bond donors (Lipinski definition) is 1. The smallest absolute Gasteiger partial charge is 0.248 e. The van der Waals surface area contributed by atoms with Gasteiger partial charge in [0.1, 0.15) is 0 Å². The Labute approximate surface area is 129 Å². The number of nitrogens with zero attached hydrogens (tertiary/aromatic N) is 3. The van der Waals surface area contributed by atoms with Crippen molar-refractivity contribution in [1.29, 1.82) is 0 Å². The number of rotatable bonds is 3. The maximum Gasteiger partial charge on any atom is 0.248 e. The van der Waals surface area contributed by atoms with Crippen molar-refractivity contribution < 1.29 is 13.9 Å². The van der Waals surface area contributed by atoms with Crippen LogP contribution in [-0.2, 0) is 0 Å². The van der Waals surface area contributed by atoms with Gasteiger partial charge in [-0.25, -0.2) is 8.78 Å². The first-order valence-corrected chi connectivity index (χ1v) is 7.34. The fourth-order valence-electron chi connectivity index (χ4n) is 2.53. The fraction of sp³-hybridized carbons (Fsp3) is 0.538. The summed E-state index contributed by atoms with van der Waals surface area (Å²) in [7, 11) is 0. The lowest BCUT2D eigenvalue weighted by Crippen LogP contribution is -2.42. The van der Waals surface area contributed by atoms with Gasteiger partial charge in [-0.1, -0.05) is 17.2 Å². The van der Waals surface area contributed by atoms with Crippen LogP contribution in [0.2, 0.25) is 0 Å². The summed E-state index contributed by atoms with van der Waals surface area (Å²) in [5.41, 5.74) is 7.96. The molecule has 7 heteroatoms. The average Bonchev–Trinajstić information content (AvgIpc) is 2.40. The summed E-state index contributed by atoms with van der Waals surface area (Å²) < 4.78 is 27.4. The molecule has 1 aliphatic rings. The highest BCUT2D eigenvalue weighted by molar-refractivity contribution is 14.1. The zero-order chi connectivity index (χ0) is 14.8. The van der Waals surface area contributed by atoms with Crippen molar-refractivity contribution in [3.8, 4) is 0 Å². The monoisotopic (exact) mass is 393 g/mol. The molecule has 0 bridgehead atoms. The van der Waals surface area contributed by atoms with E-state index in [4.69, 9.17) is 5.53 Å². The Morgan fingerprint density at radius 3 is 2.50 bits per heavy atom. The van der Waals surface area contributed by atoms with E-state index in [1.807, 2.05) is 6.07 Å². The third-order valence-electron chi connectivity index (χ3n) is 3.69. The normalized spacial score (nSPS) is 21.8. The molecule has 0 spiro atoms. The minimum atomic E-state index is -2.74. The van der Waals surface area contributed by atoms with Crippen molar-refractivity contribution in [3.05, 3.63) is 43.8 Å². The van der Waals surface area contributed by atoms with Crippen LogP contribution in [-0.4, -0.2) is 16.6 Å². The molecule has 1 fully saturated rings. The molecule has 0 saturated heterocycles. The van der Waals surface area contributed by atoms with Gasteiger partial charge in [-0.15, -0.1) is 0 Å². The van der Waals surface area contributed by atoms with Gasteiger partial charge in [0.15, 0.2) is 0 Å². The van der Waals surface area contributed by atoms with E-state index in [0.717, 1.165) is 3.57 Å². The number of hydrogen-bond acceptors (Lipinski definition) is 2. The molecule has 1 aromatic carbocycles. The average molecular weight is 393 g/mol. The lowest BCUT2D eigenvalue weighted by molar-refractivity contribution is -0.113. The standard InChI is InChI=1S/C13H14F2IN3O/c14-13(15)6-4-12(20,5-7-13)11(18-19-17)9-2-1-3-10(16)8-9/h1-3,8,11,20H,4-7H2. The lowest BCUT2D eigenvalue weighted by Gasteiger charge is -2.39. The number of benzene rings is 1. The summed E-state index contributed by atoms with van der Waals surface area (Å²) in [6, 6.07) is 6.36.